The van der Waals surface area contributed by atoms with Gasteiger partial charge in [-0.1, -0.05) is 0 Å². The van der Waals surface area contributed by atoms with Crippen LogP contribution in [0.15, 0.2) is 12.3 Å². The van der Waals surface area contributed by atoms with Gasteiger partial charge in [-0.05, 0) is 52.9 Å². The lowest BCUT2D eigenvalue weighted by Crippen LogP contribution is -2.44. The normalized spacial score (nSPS) is 26.1. The van der Waals surface area contributed by atoms with Gasteiger partial charge in [0.2, 0.25) is 11.9 Å². The van der Waals surface area contributed by atoms with Crippen LogP contribution in [0.4, 0.5) is 5.95 Å². The van der Waals surface area contributed by atoms with Crippen molar-refractivity contribution < 1.29 is 4.79 Å². The molecule has 7 heteroatoms. The van der Waals surface area contributed by atoms with Crippen LogP contribution in [0.25, 0.3) is 0 Å². The number of carbonyl (C=O) groups excluding carboxylic acids is 1. The molecule has 0 saturated carbocycles. The lowest BCUT2D eigenvalue weighted by atomic mass is 9.91. The van der Waals surface area contributed by atoms with Crippen molar-refractivity contribution in [3.63, 3.8) is 0 Å². The van der Waals surface area contributed by atoms with Gasteiger partial charge in [0.25, 0.3) is 0 Å². The second-order valence-electron chi connectivity index (χ2n) is 8.05. The second kappa shape index (κ2) is 8.31. The summed E-state index contributed by atoms with van der Waals surface area (Å²) in [4.78, 5) is 28.0. The Labute approximate surface area is 156 Å². The highest BCUT2D eigenvalue weighted by Crippen LogP contribution is 2.28. The topological polar surface area (TPSA) is 78.6 Å². The van der Waals surface area contributed by atoms with E-state index in [9.17, 15) is 4.79 Å². The SMILES string of the molecule is CN1C[C@H](C(=O)N2CCC(c3ccnc(N)n3)CC2)CC[C@H](N(C)C)C1. The van der Waals surface area contributed by atoms with Gasteiger partial charge < -0.3 is 20.4 Å². The minimum Gasteiger partial charge on any atom is -0.368 e. The van der Waals surface area contributed by atoms with Gasteiger partial charge in [-0.2, -0.15) is 0 Å². The van der Waals surface area contributed by atoms with Crippen LogP contribution in [0.1, 0.15) is 37.3 Å². The lowest BCUT2D eigenvalue weighted by Gasteiger charge is -2.34. The lowest BCUT2D eigenvalue weighted by molar-refractivity contribution is -0.137. The highest BCUT2D eigenvalue weighted by molar-refractivity contribution is 5.79. The fourth-order valence-corrected chi connectivity index (χ4v) is 4.28. The number of nitrogens with two attached hydrogens (primary N) is 1. The summed E-state index contributed by atoms with van der Waals surface area (Å²) in [6.07, 6.45) is 5.69. The number of amides is 1. The molecule has 2 N–H and O–H groups in total. The number of hydrogen-bond donors (Lipinski definition) is 1. The molecule has 26 heavy (non-hydrogen) atoms. The number of likely N-dealkylation sites (tertiary alicyclic amines) is 2. The Hall–Kier alpha value is -1.73. The van der Waals surface area contributed by atoms with Crippen LogP contribution in [-0.4, -0.2) is 83.9 Å². The molecule has 2 saturated heterocycles. The van der Waals surface area contributed by atoms with Gasteiger partial charge >= 0.3 is 0 Å². The summed E-state index contributed by atoms with van der Waals surface area (Å²) in [5.74, 6) is 1.16. The Bertz CT molecular complexity index is 614. The fraction of sp³-hybridized carbons (Fsp3) is 0.737. The van der Waals surface area contributed by atoms with Gasteiger partial charge in [0.15, 0.2) is 0 Å². The van der Waals surface area contributed by atoms with Crippen molar-refractivity contribution in [3.8, 4) is 0 Å². The first kappa shape index (κ1) is 19.0. The third kappa shape index (κ3) is 4.51. The van der Waals surface area contributed by atoms with Crippen LogP contribution < -0.4 is 5.73 Å². The number of hydrogen-bond acceptors (Lipinski definition) is 6. The van der Waals surface area contributed by atoms with Crippen molar-refractivity contribution in [2.45, 2.75) is 37.6 Å². The number of anilines is 1. The fourth-order valence-electron chi connectivity index (χ4n) is 4.28. The zero-order valence-electron chi connectivity index (χ0n) is 16.3. The van der Waals surface area contributed by atoms with Crippen molar-refractivity contribution >= 4 is 11.9 Å². The standard InChI is InChI=1S/C19H32N6O/c1-23(2)16-5-4-15(12-24(3)13-16)18(26)25-10-7-14(8-11-25)17-6-9-21-19(20)22-17/h6,9,14-16H,4-5,7-8,10-13H2,1-3H3,(H2,20,21,22)/t15-,16+/m1/s1. The Morgan fingerprint density at radius 1 is 1.19 bits per heavy atom. The van der Waals surface area contributed by atoms with E-state index < -0.39 is 0 Å². The van der Waals surface area contributed by atoms with Crippen molar-refractivity contribution in [1.82, 2.24) is 24.7 Å². The first-order valence-electron chi connectivity index (χ1n) is 9.66. The highest BCUT2D eigenvalue weighted by Gasteiger charge is 2.32. The average molecular weight is 361 g/mol. The summed E-state index contributed by atoms with van der Waals surface area (Å²) < 4.78 is 0. The number of rotatable bonds is 3. The zero-order valence-corrected chi connectivity index (χ0v) is 16.3. The van der Waals surface area contributed by atoms with Gasteiger partial charge in [0.1, 0.15) is 0 Å². The zero-order chi connectivity index (χ0) is 18.7. The van der Waals surface area contributed by atoms with Crippen LogP contribution in [0.3, 0.4) is 0 Å². The van der Waals surface area contributed by atoms with Crippen LogP contribution in [0, 0.1) is 5.92 Å². The van der Waals surface area contributed by atoms with Crippen LogP contribution in [0.5, 0.6) is 0 Å². The van der Waals surface area contributed by atoms with E-state index in [4.69, 9.17) is 5.73 Å². The maximum absolute atomic E-state index is 13.1. The Morgan fingerprint density at radius 3 is 2.58 bits per heavy atom. The van der Waals surface area contributed by atoms with E-state index in [0.717, 1.165) is 57.6 Å². The van der Waals surface area contributed by atoms with E-state index in [1.54, 1.807) is 6.20 Å². The minimum atomic E-state index is 0.121. The van der Waals surface area contributed by atoms with E-state index in [1.807, 2.05) is 6.07 Å². The maximum atomic E-state index is 13.1. The summed E-state index contributed by atoms with van der Waals surface area (Å²) in [5, 5.41) is 0. The van der Waals surface area contributed by atoms with Gasteiger partial charge in [-0.3, -0.25) is 4.79 Å². The highest BCUT2D eigenvalue weighted by atomic mass is 16.2. The molecule has 2 atom stereocenters. The van der Waals surface area contributed by atoms with Gasteiger partial charge in [0, 0.05) is 50.0 Å². The summed E-state index contributed by atoms with van der Waals surface area (Å²) in [5.41, 5.74) is 6.71. The Kier molecular flexibility index (Phi) is 6.09. The molecule has 0 aliphatic carbocycles. The molecule has 0 unspecified atom stereocenters. The predicted molar refractivity (Wildman–Crippen MR) is 103 cm³/mol. The average Bonchev–Trinajstić information content (AvgIpc) is 2.83. The summed E-state index contributed by atoms with van der Waals surface area (Å²) >= 11 is 0. The number of likely N-dealkylation sites (N-methyl/N-ethyl adjacent to an activating group) is 2. The number of piperidine rings is 1. The van der Waals surface area contributed by atoms with E-state index >= 15 is 0 Å². The molecule has 7 nitrogen and oxygen atoms in total. The molecule has 2 aliphatic rings. The van der Waals surface area contributed by atoms with Crippen molar-refractivity contribution in [3.05, 3.63) is 18.0 Å². The third-order valence-electron chi connectivity index (χ3n) is 5.90. The Balaban J connectivity index is 1.56. The molecule has 0 radical (unpaired) electrons. The van der Waals surface area contributed by atoms with E-state index in [1.165, 1.54) is 0 Å². The van der Waals surface area contributed by atoms with Crippen molar-refractivity contribution in [2.24, 2.45) is 5.92 Å². The van der Waals surface area contributed by atoms with E-state index in [0.29, 0.717) is 23.8 Å². The largest absolute Gasteiger partial charge is 0.368 e. The molecule has 0 spiro atoms. The number of nitrogen functional groups attached to an aromatic ring is 1. The molecule has 144 valence electrons. The molecule has 0 bridgehead atoms. The molecule has 2 aliphatic heterocycles. The predicted octanol–water partition coefficient (Wildman–Crippen LogP) is 1.04. The third-order valence-corrected chi connectivity index (χ3v) is 5.90. The summed E-state index contributed by atoms with van der Waals surface area (Å²) in [6, 6.07) is 2.48. The number of carbonyl (C=O) groups is 1. The molecule has 2 fully saturated rings. The summed E-state index contributed by atoms with van der Waals surface area (Å²) in [7, 11) is 6.39. The van der Waals surface area contributed by atoms with E-state index in [2.05, 4.69) is 45.8 Å². The smallest absolute Gasteiger partial charge is 0.226 e. The Morgan fingerprint density at radius 2 is 1.92 bits per heavy atom. The number of aromatic nitrogens is 2. The second-order valence-corrected chi connectivity index (χ2v) is 8.05. The van der Waals surface area contributed by atoms with Crippen LogP contribution in [-0.2, 0) is 4.79 Å². The van der Waals surface area contributed by atoms with Crippen LogP contribution >= 0.6 is 0 Å². The molecule has 3 rings (SSSR count). The molecule has 1 amide bonds. The molecular formula is C19H32N6O. The molecule has 3 heterocycles. The maximum Gasteiger partial charge on any atom is 0.226 e. The van der Waals surface area contributed by atoms with Crippen molar-refractivity contribution in [2.75, 3.05) is 53.1 Å². The van der Waals surface area contributed by atoms with Gasteiger partial charge in [-0.25, -0.2) is 9.97 Å². The van der Waals surface area contributed by atoms with Crippen molar-refractivity contribution in [1.29, 1.82) is 0 Å². The van der Waals surface area contributed by atoms with E-state index in [-0.39, 0.29) is 5.92 Å². The monoisotopic (exact) mass is 360 g/mol. The van der Waals surface area contributed by atoms with Gasteiger partial charge in [0.05, 0.1) is 5.92 Å². The number of nitrogens with zero attached hydrogens (tertiary/aromatic N) is 5. The molecular weight excluding hydrogens is 328 g/mol. The summed E-state index contributed by atoms with van der Waals surface area (Å²) in [6.45, 7) is 3.52. The van der Waals surface area contributed by atoms with Crippen LogP contribution in [0.2, 0.25) is 0 Å². The molecule has 0 aromatic carbocycles. The quantitative estimate of drug-likeness (QED) is 0.868. The molecule has 1 aromatic heterocycles. The van der Waals surface area contributed by atoms with Gasteiger partial charge in [-0.15, -0.1) is 0 Å². The first-order valence-corrected chi connectivity index (χ1v) is 9.66. The minimum absolute atomic E-state index is 0.121. The molecule has 1 aromatic rings. The first-order chi connectivity index (χ1) is 12.4.